The van der Waals surface area contributed by atoms with E-state index < -0.39 is 5.97 Å². The summed E-state index contributed by atoms with van der Waals surface area (Å²) in [6, 6.07) is 0. The summed E-state index contributed by atoms with van der Waals surface area (Å²) in [6.07, 6.45) is 8.95. The number of hydrogen-bond acceptors (Lipinski definition) is 2. The predicted molar refractivity (Wildman–Crippen MR) is 91.0 cm³/mol. The van der Waals surface area contributed by atoms with Gasteiger partial charge in [0.15, 0.2) is 0 Å². The molecule has 4 heteroatoms. The van der Waals surface area contributed by atoms with Crippen molar-refractivity contribution in [2.75, 3.05) is 7.05 Å². The first-order valence-corrected chi connectivity index (χ1v) is 9.49. The van der Waals surface area contributed by atoms with Gasteiger partial charge in [-0.15, -0.1) is 0 Å². The summed E-state index contributed by atoms with van der Waals surface area (Å²) in [5.41, 5.74) is 1.29. The fraction of sp³-hybridized carbons (Fsp3) is 0.800. The van der Waals surface area contributed by atoms with E-state index in [2.05, 4.69) is 19.9 Å². The van der Waals surface area contributed by atoms with Crippen molar-refractivity contribution in [3.8, 4) is 0 Å². The number of nitrogens with zero attached hydrogens (tertiary/aromatic N) is 1. The Morgan fingerprint density at radius 1 is 1.21 bits per heavy atom. The Morgan fingerprint density at radius 2 is 1.96 bits per heavy atom. The molecule has 0 aromatic carbocycles. The number of amides is 1. The van der Waals surface area contributed by atoms with E-state index in [1.807, 2.05) is 11.9 Å². The van der Waals surface area contributed by atoms with Crippen LogP contribution in [0.2, 0.25) is 0 Å². The van der Waals surface area contributed by atoms with Gasteiger partial charge in [0.25, 0.3) is 0 Å². The first kappa shape index (κ1) is 16.2. The number of aliphatic carboxylic acids is 1. The fourth-order valence-corrected chi connectivity index (χ4v) is 6.99. The van der Waals surface area contributed by atoms with Crippen LogP contribution < -0.4 is 0 Å². The van der Waals surface area contributed by atoms with Gasteiger partial charge in [-0.05, 0) is 61.7 Å². The molecular formula is C20H29NO3. The molecule has 1 N–H and O–H groups in total. The zero-order chi connectivity index (χ0) is 17.3. The van der Waals surface area contributed by atoms with Crippen LogP contribution in [-0.4, -0.2) is 28.9 Å². The third kappa shape index (κ3) is 1.91. The van der Waals surface area contributed by atoms with Crippen molar-refractivity contribution in [2.45, 2.75) is 58.8 Å². The molecule has 2 saturated carbocycles. The molecule has 0 aromatic rings. The van der Waals surface area contributed by atoms with Crippen molar-refractivity contribution >= 4 is 11.9 Å². The molecular weight excluding hydrogens is 302 g/mol. The second-order valence-electron chi connectivity index (χ2n) is 9.08. The molecule has 132 valence electrons. The molecule has 3 aliphatic carbocycles. The van der Waals surface area contributed by atoms with Gasteiger partial charge in [-0.1, -0.05) is 19.9 Å². The van der Waals surface area contributed by atoms with Crippen molar-refractivity contribution in [3.63, 3.8) is 0 Å². The number of carbonyl (C=O) groups is 2. The van der Waals surface area contributed by atoms with Crippen molar-refractivity contribution in [1.82, 2.24) is 4.90 Å². The molecule has 1 amide bonds. The summed E-state index contributed by atoms with van der Waals surface area (Å²) >= 11 is 0. The van der Waals surface area contributed by atoms with Crippen LogP contribution in [0.5, 0.6) is 0 Å². The number of hydrogen-bond donors (Lipinski definition) is 1. The Bertz CT molecular complexity index is 626. The highest BCUT2D eigenvalue weighted by atomic mass is 16.4. The average Bonchev–Trinajstić information content (AvgIpc) is 2.89. The Morgan fingerprint density at radius 3 is 2.67 bits per heavy atom. The number of carbonyl (C=O) groups excluding carboxylic acids is 1. The molecule has 0 bridgehead atoms. The van der Waals surface area contributed by atoms with E-state index in [0.29, 0.717) is 24.2 Å². The van der Waals surface area contributed by atoms with Crippen LogP contribution in [-0.2, 0) is 9.59 Å². The summed E-state index contributed by atoms with van der Waals surface area (Å²) in [7, 11) is 1.93. The van der Waals surface area contributed by atoms with E-state index >= 15 is 0 Å². The average molecular weight is 331 g/mol. The van der Waals surface area contributed by atoms with Crippen LogP contribution in [0.3, 0.4) is 0 Å². The molecule has 6 atom stereocenters. The monoisotopic (exact) mass is 331 g/mol. The van der Waals surface area contributed by atoms with Crippen molar-refractivity contribution in [3.05, 3.63) is 11.8 Å². The molecule has 0 radical (unpaired) electrons. The lowest BCUT2D eigenvalue weighted by molar-refractivity contribution is -0.150. The quantitative estimate of drug-likeness (QED) is 0.797. The molecule has 4 nitrogen and oxygen atoms in total. The van der Waals surface area contributed by atoms with E-state index in [9.17, 15) is 14.7 Å². The molecule has 1 aliphatic heterocycles. The Labute approximate surface area is 144 Å². The second-order valence-corrected chi connectivity index (χ2v) is 9.08. The van der Waals surface area contributed by atoms with Crippen LogP contribution in [0.25, 0.3) is 0 Å². The molecule has 1 unspecified atom stereocenters. The number of fused-ring (bicyclic) bond motifs is 5. The first-order chi connectivity index (χ1) is 11.3. The largest absolute Gasteiger partial charge is 0.481 e. The van der Waals surface area contributed by atoms with Crippen LogP contribution in [0, 0.1) is 34.5 Å². The van der Waals surface area contributed by atoms with E-state index in [1.165, 1.54) is 5.70 Å². The highest BCUT2D eigenvalue weighted by Crippen LogP contribution is 2.65. The highest BCUT2D eigenvalue weighted by Gasteiger charge is 2.60. The molecule has 0 aromatic heterocycles. The summed E-state index contributed by atoms with van der Waals surface area (Å²) in [6.45, 7) is 4.59. The third-order valence-electron chi connectivity index (χ3n) is 8.32. The highest BCUT2D eigenvalue weighted by molar-refractivity contribution is 5.79. The molecule has 4 rings (SSSR count). The molecule has 1 heterocycles. The molecule has 1 saturated heterocycles. The van der Waals surface area contributed by atoms with Crippen LogP contribution >= 0.6 is 0 Å². The minimum atomic E-state index is -0.598. The molecule has 3 fully saturated rings. The van der Waals surface area contributed by atoms with Crippen molar-refractivity contribution < 1.29 is 14.7 Å². The van der Waals surface area contributed by atoms with Crippen LogP contribution in [0.15, 0.2) is 11.8 Å². The van der Waals surface area contributed by atoms with Gasteiger partial charge in [0.05, 0.1) is 5.92 Å². The maximum atomic E-state index is 12.1. The second kappa shape index (κ2) is 5.09. The van der Waals surface area contributed by atoms with Gasteiger partial charge in [0.1, 0.15) is 0 Å². The van der Waals surface area contributed by atoms with Gasteiger partial charge in [-0.25, -0.2) is 0 Å². The zero-order valence-electron chi connectivity index (χ0n) is 15.0. The minimum absolute atomic E-state index is 0.0366. The summed E-state index contributed by atoms with van der Waals surface area (Å²) < 4.78 is 0. The topological polar surface area (TPSA) is 57.6 Å². The lowest BCUT2D eigenvalue weighted by Gasteiger charge is -2.58. The van der Waals surface area contributed by atoms with Crippen molar-refractivity contribution in [2.24, 2.45) is 34.5 Å². The summed E-state index contributed by atoms with van der Waals surface area (Å²) in [5.74, 6) is 1.18. The van der Waals surface area contributed by atoms with E-state index in [4.69, 9.17) is 0 Å². The molecule has 0 spiro atoms. The maximum Gasteiger partial charge on any atom is 0.307 e. The van der Waals surface area contributed by atoms with Crippen molar-refractivity contribution in [1.29, 1.82) is 0 Å². The number of piperidine rings is 1. The van der Waals surface area contributed by atoms with Gasteiger partial charge in [0.2, 0.25) is 5.91 Å². The lowest BCUT2D eigenvalue weighted by Crippen LogP contribution is -2.53. The van der Waals surface area contributed by atoms with Gasteiger partial charge in [0, 0.05) is 24.6 Å². The Kier molecular flexibility index (Phi) is 3.43. The van der Waals surface area contributed by atoms with Gasteiger partial charge in [-0.3, -0.25) is 9.59 Å². The molecule has 4 aliphatic rings. The van der Waals surface area contributed by atoms with E-state index in [1.54, 1.807) is 0 Å². The smallest absolute Gasteiger partial charge is 0.307 e. The minimum Gasteiger partial charge on any atom is -0.481 e. The van der Waals surface area contributed by atoms with E-state index in [0.717, 1.165) is 38.5 Å². The van der Waals surface area contributed by atoms with Crippen LogP contribution in [0.1, 0.15) is 58.8 Å². The maximum absolute atomic E-state index is 12.1. The van der Waals surface area contributed by atoms with Crippen LogP contribution in [0.4, 0.5) is 0 Å². The SMILES string of the molecule is CN1C(=O)CC[C@@]2(C)C1=CC[C@@H]1[C@@H]2CC[C@]2(C)C(C(=O)O)CC[C@@H]12. The van der Waals surface area contributed by atoms with E-state index in [-0.39, 0.29) is 22.7 Å². The summed E-state index contributed by atoms with van der Waals surface area (Å²) in [5, 5.41) is 9.66. The number of carboxylic acids is 1. The number of allylic oxidation sites excluding steroid dienone is 2. The molecule has 24 heavy (non-hydrogen) atoms. The fourth-order valence-electron chi connectivity index (χ4n) is 6.99. The standard InChI is InChI=1S/C20H29NO3/c1-19-10-8-14-12(13(19)5-6-15(19)18(23)24)4-7-16-20(14,2)11-9-17(22)21(16)3/h7,12-15H,4-6,8-11H2,1-3H3,(H,23,24)/t12-,13-,14-,15?,19-,20+/m0/s1. The number of carboxylic acid groups (broad SMARTS) is 1. The number of likely N-dealkylation sites (tertiary alicyclic amines) is 1. The predicted octanol–water partition coefficient (Wildman–Crippen LogP) is 3.68. The Balaban J connectivity index is 1.69. The van der Waals surface area contributed by atoms with Gasteiger partial charge < -0.3 is 10.0 Å². The first-order valence-electron chi connectivity index (χ1n) is 9.49. The van der Waals surface area contributed by atoms with Gasteiger partial charge in [-0.2, -0.15) is 0 Å². The normalized spacial score (nSPS) is 47.5. The Hall–Kier alpha value is -1.32. The summed E-state index contributed by atoms with van der Waals surface area (Å²) in [4.78, 5) is 25.7. The lowest BCUT2D eigenvalue weighted by atomic mass is 9.49. The number of rotatable bonds is 1. The third-order valence-corrected chi connectivity index (χ3v) is 8.32. The van der Waals surface area contributed by atoms with Gasteiger partial charge >= 0.3 is 5.97 Å². The zero-order valence-corrected chi connectivity index (χ0v) is 15.0.